The quantitative estimate of drug-likeness (QED) is 0.697. The molecule has 1 saturated carbocycles. The Kier molecular flexibility index (Phi) is 5.86. The number of aliphatic hydroxyl groups is 1. The Bertz CT molecular complexity index is 432. The van der Waals surface area contributed by atoms with E-state index >= 15 is 0 Å². The van der Waals surface area contributed by atoms with Gasteiger partial charge in [-0.25, -0.2) is 4.79 Å². The number of hydrogen-bond donors (Lipinski definition) is 3. The largest absolute Gasteiger partial charge is 0.396 e. The lowest BCUT2D eigenvalue weighted by molar-refractivity contribution is 0.207. The molecule has 1 aliphatic rings. The zero-order valence-corrected chi connectivity index (χ0v) is 13.0. The summed E-state index contributed by atoms with van der Waals surface area (Å²) in [6, 6.07) is 8.05. The van der Waals surface area contributed by atoms with Gasteiger partial charge in [-0.1, -0.05) is 34.5 Å². The van der Waals surface area contributed by atoms with Crippen LogP contribution in [0.5, 0.6) is 0 Å². The van der Waals surface area contributed by atoms with E-state index in [9.17, 15) is 4.79 Å². The fourth-order valence-electron chi connectivity index (χ4n) is 2.39. The van der Waals surface area contributed by atoms with Gasteiger partial charge in [-0.2, -0.15) is 0 Å². The van der Waals surface area contributed by atoms with E-state index in [0.717, 1.165) is 22.9 Å². The van der Waals surface area contributed by atoms with Crippen LogP contribution in [-0.4, -0.2) is 24.3 Å². The summed E-state index contributed by atoms with van der Waals surface area (Å²) in [6.07, 6.45) is 4.15. The summed E-state index contributed by atoms with van der Waals surface area (Å²) < 4.78 is 1.04. The molecule has 1 aliphatic carbocycles. The second kappa shape index (κ2) is 7.64. The zero-order chi connectivity index (χ0) is 14.4. The van der Waals surface area contributed by atoms with E-state index in [2.05, 4.69) is 38.7 Å². The van der Waals surface area contributed by atoms with Gasteiger partial charge in [0.1, 0.15) is 0 Å². The van der Waals surface area contributed by atoms with Crippen molar-refractivity contribution < 1.29 is 9.90 Å². The third-order valence-corrected chi connectivity index (χ3v) is 4.29. The highest BCUT2D eigenvalue weighted by Crippen LogP contribution is 2.37. The Balaban J connectivity index is 1.97. The molecule has 3 N–H and O–H groups in total. The Labute approximate surface area is 128 Å². The average molecular weight is 341 g/mol. The van der Waals surface area contributed by atoms with Gasteiger partial charge in [-0.3, -0.25) is 0 Å². The Hall–Kier alpha value is -1.07. The van der Waals surface area contributed by atoms with Crippen molar-refractivity contribution in [2.45, 2.75) is 31.7 Å². The van der Waals surface area contributed by atoms with Crippen molar-refractivity contribution in [3.63, 3.8) is 0 Å². The van der Waals surface area contributed by atoms with Gasteiger partial charge in [0.25, 0.3) is 0 Å². The zero-order valence-electron chi connectivity index (χ0n) is 11.4. The molecule has 0 heterocycles. The standard InChI is InChI=1S/C15H21BrN2O2/c16-13-7-5-12(6-8-13)14(11-3-1-4-11)18-15(20)17-9-2-10-19/h5-8,11,14,19H,1-4,9-10H2,(H2,17,18,20). The lowest BCUT2D eigenvalue weighted by Crippen LogP contribution is -2.42. The third kappa shape index (κ3) is 4.21. The molecule has 1 aromatic carbocycles. The fourth-order valence-corrected chi connectivity index (χ4v) is 2.65. The molecule has 2 rings (SSSR count). The van der Waals surface area contributed by atoms with Crippen LogP contribution >= 0.6 is 15.9 Å². The molecule has 4 nitrogen and oxygen atoms in total. The second-order valence-electron chi connectivity index (χ2n) is 5.20. The van der Waals surface area contributed by atoms with Gasteiger partial charge in [0.15, 0.2) is 0 Å². The maximum absolute atomic E-state index is 11.9. The lowest BCUT2D eigenvalue weighted by Gasteiger charge is -2.34. The molecule has 0 spiro atoms. The summed E-state index contributed by atoms with van der Waals surface area (Å²) in [5.41, 5.74) is 1.15. The number of benzene rings is 1. The van der Waals surface area contributed by atoms with Crippen molar-refractivity contribution in [2.75, 3.05) is 13.2 Å². The van der Waals surface area contributed by atoms with Crippen LogP contribution in [0.25, 0.3) is 0 Å². The number of urea groups is 1. The van der Waals surface area contributed by atoms with E-state index in [1.807, 2.05) is 12.1 Å². The van der Waals surface area contributed by atoms with Crippen LogP contribution < -0.4 is 10.6 Å². The summed E-state index contributed by atoms with van der Waals surface area (Å²) in [7, 11) is 0. The van der Waals surface area contributed by atoms with Crippen molar-refractivity contribution >= 4 is 22.0 Å². The van der Waals surface area contributed by atoms with E-state index < -0.39 is 0 Å². The van der Waals surface area contributed by atoms with Crippen LogP contribution in [0.3, 0.4) is 0 Å². The number of hydrogen-bond acceptors (Lipinski definition) is 2. The highest BCUT2D eigenvalue weighted by Gasteiger charge is 2.29. The summed E-state index contributed by atoms with van der Waals surface area (Å²) in [4.78, 5) is 11.9. The van der Waals surface area contributed by atoms with E-state index in [1.165, 1.54) is 6.42 Å². The van der Waals surface area contributed by atoms with Gasteiger partial charge in [0, 0.05) is 17.6 Å². The second-order valence-corrected chi connectivity index (χ2v) is 6.11. The number of amides is 2. The molecule has 0 aliphatic heterocycles. The molecule has 0 saturated heterocycles. The first-order chi connectivity index (χ1) is 9.70. The first-order valence-electron chi connectivity index (χ1n) is 7.11. The highest BCUT2D eigenvalue weighted by atomic mass is 79.9. The number of aliphatic hydroxyl groups excluding tert-OH is 1. The molecule has 2 amide bonds. The SMILES string of the molecule is O=C(NCCCO)NC(c1ccc(Br)cc1)C1CCC1. The minimum Gasteiger partial charge on any atom is -0.396 e. The summed E-state index contributed by atoms with van der Waals surface area (Å²) >= 11 is 3.43. The molecule has 20 heavy (non-hydrogen) atoms. The molecule has 5 heteroatoms. The fraction of sp³-hybridized carbons (Fsp3) is 0.533. The van der Waals surface area contributed by atoms with Crippen molar-refractivity contribution in [3.8, 4) is 0 Å². The molecule has 0 bridgehead atoms. The lowest BCUT2D eigenvalue weighted by atomic mass is 9.77. The Morgan fingerprint density at radius 2 is 2.05 bits per heavy atom. The van der Waals surface area contributed by atoms with Gasteiger partial charge in [-0.15, -0.1) is 0 Å². The predicted molar refractivity (Wildman–Crippen MR) is 82.5 cm³/mol. The molecule has 1 atom stereocenters. The smallest absolute Gasteiger partial charge is 0.315 e. The van der Waals surface area contributed by atoms with E-state index in [1.54, 1.807) is 0 Å². The highest BCUT2D eigenvalue weighted by molar-refractivity contribution is 9.10. The topological polar surface area (TPSA) is 61.4 Å². The van der Waals surface area contributed by atoms with Crippen LogP contribution in [0.15, 0.2) is 28.7 Å². The first-order valence-corrected chi connectivity index (χ1v) is 7.90. The van der Waals surface area contributed by atoms with Crippen LogP contribution in [0.1, 0.15) is 37.3 Å². The summed E-state index contributed by atoms with van der Waals surface area (Å²) in [6.45, 7) is 0.596. The molecule has 1 fully saturated rings. The first kappa shape index (κ1) is 15.3. The number of rotatable bonds is 6. The van der Waals surface area contributed by atoms with Crippen molar-refractivity contribution in [1.82, 2.24) is 10.6 Å². The van der Waals surface area contributed by atoms with E-state index in [4.69, 9.17) is 5.11 Å². The average Bonchev–Trinajstić information content (AvgIpc) is 2.37. The predicted octanol–water partition coefficient (Wildman–Crippen LogP) is 2.97. The van der Waals surface area contributed by atoms with Gasteiger partial charge in [-0.05, 0) is 42.9 Å². The van der Waals surface area contributed by atoms with Crippen molar-refractivity contribution in [1.29, 1.82) is 0 Å². The molecule has 0 aromatic heterocycles. The monoisotopic (exact) mass is 340 g/mol. The van der Waals surface area contributed by atoms with Gasteiger partial charge in [0.05, 0.1) is 6.04 Å². The number of halogens is 1. The third-order valence-electron chi connectivity index (χ3n) is 3.76. The number of carbonyl (C=O) groups excluding carboxylic acids is 1. The maximum Gasteiger partial charge on any atom is 0.315 e. The molecule has 0 radical (unpaired) electrons. The van der Waals surface area contributed by atoms with Gasteiger partial charge < -0.3 is 15.7 Å². The molecular formula is C15H21BrN2O2. The summed E-state index contributed by atoms with van der Waals surface area (Å²) in [5.74, 6) is 0.528. The molecule has 1 unspecified atom stereocenters. The van der Waals surface area contributed by atoms with Crippen molar-refractivity contribution in [3.05, 3.63) is 34.3 Å². The van der Waals surface area contributed by atoms with Gasteiger partial charge >= 0.3 is 6.03 Å². The van der Waals surface area contributed by atoms with Crippen LogP contribution in [-0.2, 0) is 0 Å². The maximum atomic E-state index is 11.9. The minimum atomic E-state index is -0.154. The Morgan fingerprint density at radius 1 is 1.35 bits per heavy atom. The summed E-state index contributed by atoms with van der Waals surface area (Å²) in [5, 5.41) is 14.6. The minimum absolute atomic E-state index is 0.0750. The van der Waals surface area contributed by atoms with Gasteiger partial charge in [0.2, 0.25) is 0 Å². The van der Waals surface area contributed by atoms with E-state index in [0.29, 0.717) is 18.9 Å². The normalized spacial score (nSPS) is 16.3. The Morgan fingerprint density at radius 3 is 2.60 bits per heavy atom. The number of carbonyl (C=O) groups is 1. The van der Waals surface area contributed by atoms with Crippen LogP contribution in [0, 0.1) is 5.92 Å². The molecular weight excluding hydrogens is 320 g/mol. The van der Waals surface area contributed by atoms with Crippen LogP contribution in [0.4, 0.5) is 4.79 Å². The van der Waals surface area contributed by atoms with Crippen LogP contribution in [0.2, 0.25) is 0 Å². The molecule has 1 aromatic rings. The van der Waals surface area contributed by atoms with E-state index in [-0.39, 0.29) is 18.7 Å². The van der Waals surface area contributed by atoms with Crippen molar-refractivity contribution in [2.24, 2.45) is 5.92 Å². The molecule has 110 valence electrons. The number of nitrogens with one attached hydrogen (secondary N) is 2.